The normalized spacial score (nSPS) is 19.7. The molecule has 0 aromatic heterocycles. The molecule has 172 valence electrons. The summed E-state index contributed by atoms with van der Waals surface area (Å²) in [6, 6.07) is 28.9. The lowest BCUT2D eigenvalue weighted by molar-refractivity contribution is -0.122. The zero-order valence-corrected chi connectivity index (χ0v) is 21.0. The van der Waals surface area contributed by atoms with Gasteiger partial charge in [0.25, 0.3) is 5.91 Å². The number of carbonyl (C=O) groups is 1. The van der Waals surface area contributed by atoms with Crippen LogP contribution < -0.4 is 4.90 Å². The number of benzene rings is 3. The van der Waals surface area contributed by atoms with Crippen LogP contribution in [0.3, 0.4) is 0 Å². The first-order valence-electron chi connectivity index (χ1n) is 11.6. The molecule has 3 aromatic carbocycles. The van der Waals surface area contributed by atoms with Gasteiger partial charge in [0.05, 0.1) is 11.7 Å². The van der Waals surface area contributed by atoms with Crippen molar-refractivity contribution in [2.45, 2.75) is 31.2 Å². The summed E-state index contributed by atoms with van der Waals surface area (Å²) in [4.78, 5) is 24.9. The summed E-state index contributed by atoms with van der Waals surface area (Å²) in [6.07, 6.45) is 0.791. The lowest BCUT2D eigenvalue weighted by Gasteiger charge is -2.19. The fourth-order valence-corrected chi connectivity index (χ4v) is 6.68. The van der Waals surface area contributed by atoms with Crippen molar-refractivity contribution < 1.29 is 4.79 Å². The Labute approximate surface area is 209 Å². The maximum atomic E-state index is 13.8. The van der Waals surface area contributed by atoms with Crippen LogP contribution in [0.5, 0.6) is 0 Å². The first-order valence-corrected chi connectivity index (χ1v) is 13.2. The van der Waals surface area contributed by atoms with Crippen LogP contribution in [0.1, 0.15) is 31.0 Å². The Balaban J connectivity index is 1.49. The highest BCUT2D eigenvalue weighted by Gasteiger charge is 2.39. The molecule has 0 radical (unpaired) electrons. The second-order valence-corrected chi connectivity index (χ2v) is 10.2. The Kier molecular flexibility index (Phi) is 6.79. The zero-order chi connectivity index (χ0) is 23.5. The second-order valence-electron chi connectivity index (χ2n) is 8.24. The molecule has 0 saturated carbocycles. The van der Waals surface area contributed by atoms with E-state index in [2.05, 4.69) is 67.3 Å². The van der Waals surface area contributed by atoms with Crippen LogP contribution in [0, 0.1) is 0 Å². The topological polar surface area (TPSA) is 35.9 Å². The number of carbonyl (C=O) groups excluding carboxylic acids is 1. The van der Waals surface area contributed by atoms with Gasteiger partial charge in [-0.15, -0.1) is 0 Å². The molecule has 0 unspecified atom stereocenters. The first kappa shape index (κ1) is 22.8. The van der Waals surface area contributed by atoms with Gasteiger partial charge in [0.15, 0.2) is 5.17 Å². The standard InChI is InChI=1S/C28H27N3OS2/c1-3-30-23-16-10-11-17-24(23)33-27(30)25-26(32)31(19-18-21-12-6-4-7-13-21)28(34-25)29-20(2)22-14-8-5-9-15-22/h4-17,20H,3,18-19H2,1-2H3/b27-25-,29-28?/t20-/m0/s1. The summed E-state index contributed by atoms with van der Waals surface area (Å²) in [6.45, 7) is 5.64. The molecule has 0 aliphatic carbocycles. The van der Waals surface area contributed by atoms with Crippen LogP contribution in [-0.4, -0.2) is 29.1 Å². The quantitative estimate of drug-likeness (QED) is 0.363. The second kappa shape index (κ2) is 10.1. The van der Waals surface area contributed by atoms with Gasteiger partial charge in [0.1, 0.15) is 9.93 Å². The molecule has 2 aliphatic rings. The molecule has 0 spiro atoms. The zero-order valence-electron chi connectivity index (χ0n) is 19.3. The Morgan fingerprint density at radius 2 is 1.53 bits per heavy atom. The smallest absolute Gasteiger partial charge is 0.269 e. The van der Waals surface area contributed by atoms with E-state index in [-0.39, 0.29) is 11.9 Å². The number of aliphatic imine (C=N–C) groups is 1. The van der Waals surface area contributed by atoms with Crippen molar-refractivity contribution in [3.05, 3.63) is 106 Å². The number of anilines is 1. The average Bonchev–Trinajstić information content (AvgIpc) is 3.40. The molecule has 4 nitrogen and oxygen atoms in total. The van der Waals surface area contributed by atoms with E-state index >= 15 is 0 Å². The maximum Gasteiger partial charge on any atom is 0.269 e. The fraction of sp³-hybridized carbons (Fsp3) is 0.214. The van der Waals surface area contributed by atoms with Crippen LogP contribution >= 0.6 is 23.5 Å². The minimum Gasteiger partial charge on any atom is -0.334 e. The SMILES string of the molecule is CCN1/C(=C2/SC(=N[C@@H](C)c3ccccc3)N(CCc3ccccc3)C2=O)Sc2ccccc21. The molecular weight excluding hydrogens is 458 g/mol. The summed E-state index contributed by atoms with van der Waals surface area (Å²) in [7, 11) is 0. The minimum absolute atomic E-state index is 0.0317. The molecule has 0 bridgehead atoms. The Morgan fingerprint density at radius 3 is 2.26 bits per heavy atom. The number of fused-ring (bicyclic) bond motifs is 1. The van der Waals surface area contributed by atoms with E-state index in [0.717, 1.165) is 33.6 Å². The molecule has 1 atom stereocenters. The van der Waals surface area contributed by atoms with E-state index < -0.39 is 0 Å². The molecule has 34 heavy (non-hydrogen) atoms. The van der Waals surface area contributed by atoms with Gasteiger partial charge in [-0.2, -0.15) is 0 Å². The third kappa shape index (κ3) is 4.52. The van der Waals surface area contributed by atoms with Crippen molar-refractivity contribution in [1.82, 2.24) is 4.90 Å². The molecule has 3 aromatic rings. The summed E-state index contributed by atoms with van der Waals surface area (Å²) in [5.41, 5.74) is 3.53. The third-order valence-electron chi connectivity index (χ3n) is 6.03. The van der Waals surface area contributed by atoms with E-state index in [1.54, 1.807) is 11.8 Å². The largest absolute Gasteiger partial charge is 0.334 e. The van der Waals surface area contributed by atoms with E-state index in [4.69, 9.17) is 4.99 Å². The molecular formula is C28H27N3OS2. The van der Waals surface area contributed by atoms with Crippen molar-refractivity contribution in [3.8, 4) is 0 Å². The molecule has 1 amide bonds. The summed E-state index contributed by atoms with van der Waals surface area (Å²) < 4.78 is 0. The number of rotatable bonds is 6. The average molecular weight is 486 g/mol. The van der Waals surface area contributed by atoms with Crippen LogP contribution in [-0.2, 0) is 11.2 Å². The maximum absolute atomic E-state index is 13.8. The number of nitrogens with zero attached hydrogens (tertiary/aromatic N) is 3. The lowest BCUT2D eigenvalue weighted by Crippen LogP contribution is -2.32. The predicted octanol–water partition coefficient (Wildman–Crippen LogP) is 6.72. The number of hydrogen-bond donors (Lipinski definition) is 0. The molecule has 5 rings (SSSR count). The monoisotopic (exact) mass is 485 g/mol. The number of amides is 1. The Hall–Kier alpha value is -2.96. The summed E-state index contributed by atoms with van der Waals surface area (Å²) in [5.74, 6) is 0.0497. The molecule has 1 fully saturated rings. The molecule has 0 N–H and O–H groups in total. The van der Waals surface area contributed by atoms with Gasteiger partial charge in [0, 0.05) is 18.0 Å². The van der Waals surface area contributed by atoms with Gasteiger partial charge in [-0.3, -0.25) is 14.7 Å². The van der Waals surface area contributed by atoms with Gasteiger partial charge >= 0.3 is 0 Å². The van der Waals surface area contributed by atoms with Gasteiger partial charge in [-0.05, 0) is 55.3 Å². The predicted molar refractivity (Wildman–Crippen MR) is 144 cm³/mol. The fourth-order valence-electron chi connectivity index (χ4n) is 4.20. The highest BCUT2D eigenvalue weighted by molar-refractivity contribution is 8.19. The molecule has 1 saturated heterocycles. The minimum atomic E-state index is -0.0317. The van der Waals surface area contributed by atoms with Crippen molar-refractivity contribution >= 4 is 40.3 Å². The van der Waals surface area contributed by atoms with Gasteiger partial charge in [0.2, 0.25) is 0 Å². The summed E-state index contributed by atoms with van der Waals surface area (Å²) >= 11 is 3.20. The van der Waals surface area contributed by atoms with E-state index in [1.165, 1.54) is 27.9 Å². The number of hydrogen-bond acceptors (Lipinski definition) is 5. The van der Waals surface area contributed by atoms with Crippen LogP contribution in [0.25, 0.3) is 0 Å². The van der Waals surface area contributed by atoms with Crippen molar-refractivity contribution in [2.75, 3.05) is 18.0 Å². The molecule has 6 heteroatoms. The van der Waals surface area contributed by atoms with Gasteiger partial charge in [-0.1, -0.05) is 84.6 Å². The van der Waals surface area contributed by atoms with E-state index in [0.29, 0.717) is 6.54 Å². The van der Waals surface area contributed by atoms with Crippen LogP contribution in [0.2, 0.25) is 0 Å². The summed E-state index contributed by atoms with van der Waals surface area (Å²) in [5, 5.41) is 1.80. The van der Waals surface area contributed by atoms with Crippen LogP contribution in [0.4, 0.5) is 5.69 Å². The van der Waals surface area contributed by atoms with Crippen LogP contribution in [0.15, 0.2) is 105 Å². The Morgan fingerprint density at radius 1 is 0.853 bits per heavy atom. The van der Waals surface area contributed by atoms with Crippen molar-refractivity contribution in [3.63, 3.8) is 0 Å². The number of para-hydroxylation sites is 1. The van der Waals surface area contributed by atoms with E-state index in [9.17, 15) is 4.79 Å². The van der Waals surface area contributed by atoms with Crippen molar-refractivity contribution in [1.29, 1.82) is 0 Å². The number of thioether (sulfide) groups is 2. The van der Waals surface area contributed by atoms with E-state index in [1.807, 2.05) is 41.3 Å². The lowest BCUT2D eigenvalue weighted by atomic mass is 10.1. The molecule has 2 aliphatic heterocycles. The highest BCUT2D eigenvalue weighted by Crippen LogP contribution is 2.50. The molecule has 2 heterocycles. The first-order chi connectivity index (χ1) is 16.7. The Bertz CT molecular complexity index is 1240. The highest BCUT2D eigenvalue weighted by atomic mass is 32.2. The van der Waals surface area contributed by atoms with Gasteiger partial charge in [-0.25, -0.2) is 0 Å². The number of amidine groups is 1. The van der Waals surface area contributed by atoms with Crippen molar-refractivity contribution in [2.24, 2.45) is 4.99 Å². The van der Waals surface area contributed by atoms with Gasteiger partial charge < -0.3 is 4.90 Å². The third-order valence-corrected chi connectivity index (χ3v) is 8.43.